The standard InChI is InChI=1S/C18H26N2O/c1-5-20-12-8-9-16(20)13-19-15(4)17-10-6-7-11-18(17)21-14(2)3/h6-12,14-15,19H,5,13H2,1-4H3. The summed E-state index contributed by atoms with van der Waals surface area (Å²) in [4.78, 5) is 0. The molecule has 0 saturated heterocycles. The van der Waals surface area contributed by atoms with Crippen molar-refractivity contribution in [2.45, 2.75) is 52.9 Å². The molecule has 3 heteroatoms. The number of ether oxygens (including phenoxy) is 1. The highest BCUT2D eigenvalue weighted by atomic mass is 16.5. The minimum absolute atomic E-state index is 0.190. The molecule has 1 aromatic carbocycles. The highest BCUT2D eigenvalue weighted by Gasteiger charge is 2.12. The lowest BCUT2D eigenvalue weighted by molar-refractivity contribution is 0.238. The average molecular weight is 286 g/mol. The molecule has 1 heterocycles. The lowest BCUT2D eigenvalue weighted by atomic mass is 10.1. The molecule has 2 rings (SSSR count). The molecule has 114 valence electrons. The molecule has 0 saturated carbocycles. The van der Waals surface area contributed by atoms with E-state index in [1.165, 1.54) is 11.3 Å². The molecule has 0 fully saturated rings. The van der Waals surface area contributed by atoms with Crippen LogP contribution in [0.25, 0.3) is 0 Å². The van der Waals surface area contributed by atoms with Crippen LogP contribution in [0.2, 0.25) is 0 Å². The molecular weight excluding hydrogens is 260 g/mol. The smallest absolute Gasteiger partial charge is 0.124 e. The lowest BCUT2D eigenvalue weighted by Crippen LogP contribution is -2.21. The number of nitrogens with zero attached hydrogens (tertiary/aromatic N) is 1. The van der Waals surface area contributed by atoms with E-state index in [2.05, 4.69) is 68.0 Å². The van der Waals surface area contributed by atoms with Crippen molar-refractivity contribution >= 4 is 0 Å². The molecule has 1 atom stereocenters. The van der Waals surface area contributed by atoms with E-state index in [9.17, 15) is 0 Å². The topological polar surface area (TPSA) is 26.2 Å². The average Bonchev–Trinajstić information content (AvgIpc) is 2.92. The van der Waals surface area contributed by atoms with Gasteiger partial charge in [-0.1, -0.05) is 18.2 Å². The number of hydrogen-bond acceptors (Lipinski definition) is 2. The van der Waals surface area contributed by atoms with Crippen molar-refractivity contribution in [3.8, 4) is 5.75 Å². The van der Waals surface area contributed by atoms with Gasteiger partial charge in [0.05, 0.1) is 6.10 Å². The van der Waals surface area contributed by atoms with Crippen LogP contribution >= 0.6 is 0 Å². The summed E-state index contributed by atoms with van der Waals surface area (Å²) in [5, 5.41) is 3.59. The first kappa shape index (κ1) is 15.6. The quantitative estimate of drug-likeness (QED) is 0.827. The summed E-state index contributed by atoms with van der Waals surface area (Å²) in [6.07, 6.45) is 2.31. The van der Waals surface area contributed by atoms with Gasteiger partial charge in [0.15, 0.2) is 0 Å². The molecule has 1 unspecified atom stereocenters. The molecule has 0 bridgehead atoms. The van der Waals surface area contributed by atoms with E-state index < -0.39 is 0 Å². The Hall–Kier alpha value is -1.74. The summed E-state index contributed by atoms with van der Waals surface area (Å²) in [7, 11) is 0. The summed E-state index contributed by atoms with van der Waals surface area (Å²) >= 11 is 0. The van der Waals surface area contributed by atoms with Gasteiger partial charge < -0.3 is 14.6 Å². The van der Waals surface area contributed by atoms with E-state index in [0.29, 0.717) is 0 Å². The third-order valence-corrected chi connectivity index (χ3v) is 3.60. The van der Waals surface area contributed by atoms with Gasteiger partial charge in [-0.25, -0.2) is 0 Å². The first-order valence-corrected chi connectivity index (χ1v) is 7.74. The number of nitrogens with one attached hydrogen (secondary N) is 1. The largest absolute Gasteiger partial charge is 0.491 e. The number of para-hydroxylation sites is 1. The van der Waals surface area contributed by atoms with Gasteiger partial charge in [0.1, 0.15) is 5.75 Å². The predicted molar refractivity (Wildman–Crippen MR) is 87.6 cm³/mol. The normalized spacial score (nSPS) is 12.6. The van der Waals surface area contributed by atoms with Gasteiger partial charge >= 0.3 is 0 Å². The van der Waals surface area contributed by atoms with Crippen LogP contribution in [0.15, 0.2) is 42.6 Å². The van der Waals surface area contributed by atoms with Crippen molar-refractivity contribution in [2.24, 2.45) is 0 Å². The molecular formula is C18H26N2O. The van der Waals surface area contributed by atoms with E-state index >= 15 is 0 Å². The SMILES string of the molecule is CCn1cccc1CNC(C)c1ccccc1OC(C)C. The van der Waals surface area contributed by atoms with Crippen molar-refractivity contribution in [3.63, 3.8) is 0 Å². The second kappa shape index (κ2) is 7.32. The summed E-state index contributed by atoms with van der Waals surface area (Å²) < 4.78 is 8.16. The number of rotatable bonds is 7. The summed E-state index contributed by atoms with van der Waals surface area (Å²) in [6.45, 7) is 10.3. The van der Waals surface area contributed by atoms with Gasteiger partial charge in [0.25, 0.3) is 0 Å². The number of aromatic nitrogens is 1. The van der Waals surface area contributed by atoms with Crippen LogP contribution in [0.4, 0.5) is 0 Å². The minimum Gasteiger partial charge on any atom is -0.491 e. The zero-order chi connectivity index (χ0) is 15.2. The highest BCUT2D eigenvalue weighted by molar-refractivity contribution is 5.35. The molecule has 0 aliphatic heterocycles. The van der Waals surface area contributed by atoms with Gasteiger partial charge in [-0.3, -0.25) is 0 Å². The Kier molecular flexibility index (Phi) is 5.45. The molecule has 2 aromatic rings. The maximum absolute atomic E-state index is 5.90. The van der Waals surface area contributed by atoms with E-state index in [1.54, 1.807) is 0 Å². The molecule has 1 aromatic heterocycles. The van der Waals surface area contributed by atoms with Gasteiger partial charge in [-0.05, 0) is 45.9 Å². The van der Waals surface area contributed by atoms with Gasteiger partial charge in [-0.2, -0.15) is 0 Å². The third kappa shape index (κ3) is 4.11. The van der Waals surface area contributed by atoms with Crippen LogP contribution in [-0.4, -0.2) is 10.7 Å². The van der Waals surface area contributed by atoms with Crippen molar-refractivity contribution in [2.75, 3.05) is 0 Å². The Morgan fingerprint density at radius 3 is 2.57 bits per heavy atom. The Morgan fingerprint density at radius 1 is 1.10 bits per heavy atom. The predicted octanol–water partition coefficient (Wildman–Crippen LogP) is 4.15. The second-order valence-electron chi connectivity index (χ2n) is 5.59. The van der Waals surface area contributed by atoms with Crippen LogP contribution in [0.5, 0.6) is 5.75 Å². The van der Waals surface area contributed by atoms with Crippen LogP contribution in [-0.2, 0) is 13.1 Å². The first-order chi connectivity index (χ1) is 10.1. The first-order valence-electron chi connectivity index (χ1n) is 7.74. The second-order valence-corrected chi connectivity index (χ2v) is 5.59. The lowest BCUT2D eigenvalue weighted by Gasteiger charge is -2.20. The van der Waals surface area contributed by atoms with E-state index in [-0.39, 0.29) is 12.1 Å². The Bertz CT molecular complexity index is 560. The van der Waals surface area contributed by atoms with Crippen molar-refractivity contribution in [3.05, 3.63) is 53.9 Å². The third-order valence-electron chi connectivity index (χ3n) is 3.60. The zero-order valence-corrected chi connectivity index (χ0v) is 13.5. The van der Waals surface area contributed by atoms with Crippen molar-refractivity contribution < 1.29 is 4.74 Å². The summed E-state index contributed by atoms with van der Waals surface area (Å²) in [5.41, 5.74) is 2.52. The summed E-state index contributed by atoms with van der Waals surface area (Å²) in [5.74, 6) is 0.971. The molecule has 1 N–H and O–H groups in total. The molecule has 0 aliphatic carbocycles. The fourth-order valence-corrected chi connectivity index (χ4v) is 2.49. The van der Waals surface area contributed by atoms with Crippen LogP contribution in [0, 0.1) is 0 Å². The fourth-order valence-electron chi connectivity index (χ4n) is 2.49. The number of benzene rings is 1. The molecule has 0 amide bonds. The van der Waals surface area contributed by atoms with E-state index in [0.717, 1.165) is 18.8 Å². The maximum Gasteiger partial charge on any atom is 0.124 e. The number of aryl methyl sites for hydroxylation is 1. The molecule has 3 nitrogen and oxygen atoms in total. The van der Waals surface area contributed by atoms with Gasteiger partial charge in [0.2, 0.25) is 0 Å². The van der Waals surface area contributed by atoms with Crippen molar-refractivity contribution in [1.29, 1.82) is 0 Å². The summed E-state index contributed by atoms with van der Waals surface area (Å²) in [6, 6.07) is 12.8. The van der Waals surface area contributed by atoms with Crippen LogP contribution < -0.4 is 10.1 Å². The highest BCUT2D eigenvalue weighted by Crippen LogP contribution is 2.26. The minimum atomic E-state index is 0.190. The van der Waals surface area contributed by atoms with Gasteiger partial charge in [0, 0.05) is 36.6 Å². The zero-order valence-electron chi connectivity index (χ0n) is 13.5. The monoisotopic (exact) mass is 286 g/mol. The number of hydrogen-bond donors (Lipinski definition) is 1. The van der Waals surface area contributed by atoms with E-state index in [4.69, 9.17) is 4.74 Å². The van der Waals surface area contributed by atoms with Gasteiger partial charge in [-0.15, -0.1) is 0 Å². The Morgan fingerprint density at radius 2 is 1.86 bits per heavy atom. The fraction of sp³-hybridized carbons (Fsp3) is 0.444. The molecule has 0 radical (unpaired) electrons. The van der Waals surface area contributed by atoms with Crippen LogP contribution in [0.1, 0.15) is 45.0 Å². The van der Waals surface area contributed by atoms with Crippen molar-refractivity contribution in [1.82, 2.24) is 9.88 Å². The Labute approximate surface area is 127 Å². The maximum atomic E-state index is 5.90. The molecule has 0 spiro atoms. The van der Waals surface area contributed by atoms with Crippen LogP contribution in [0.3, 0.4) is 0 Å². The molecule has 21 heavy (non-hydrogen) atoms. The Balaban J connectivity index is 2.05. The molecule has 0 aliphatic rings. The van der Waals surface area contributed by atoms with E-state index in [1.807, 2.05) is 12.1 Å².